The molecule has 114 valence electrons. The highest BCUT2D eigenvalue weighted by Crippen LogP contribution is 2.20. The summed E-state index contributed by atoms with van der Waals surface area (Å²) in [5.74, 6) is -1.97. The summed E-state index contributed by atoms with van der Waals surface area (Å²) in [6.07, 6.45) is 2.00. The molecule has 0 aromatic heterocycles. The van der Waals surface area contributed by atoms with Crippen molar-refractivity contribution in [3.8, 4) is 5.75 Å². The van der Waals surface area contributed by atoms with Crippen LogP contribution in [0, 0.1) is 12.7 Å². The maximum absolute atomic E-state index is 13.5. The van der Waals surface area contributed by atoms with Gasteiger partial charge >= 0.3 is 5.97 Å². The standard InChI is InChI=1S/C15H18FNO4/c1-10-5-6-11(16)13(8-10)21-9-14(18)17-7-3-2-4-12(17)15(19)20/h5-6,8,12H,2-4,7,9H2,1H3,(H,19,20)/t12-/m1/s1. The van der Waals surface area contributed by atoms with Crippen LogP contribution in [-0.4, -0.2) is 41.1 Å². The van der Waals surface area contributed by atoms with E-state index < -0.39 is 23.7 Å². The first-order chi connectivity index (χ1) is 9.99. The van der Waals surface area contributed by atoms with Gasteiger partial charge in [-0.15, -0.1) is 0 Å². The van der Waals surface area contributed by atoms with Crippen LogP contribution in [0.5, 0.6) is 5.75 Å². The Hall–Kier alpha value is -2.11. The van der Waals surface area contributed by atoms with E-state index in [1.165, 1.54) is 17.0 Å². The molecule has 1 aliphatic rings. The molecule has 2 rings (SSSR count). The van der Waals surface area contributed by atoms with Crippen LogP contribution in [0.3, 0.4) is 0 Å². The Morgan fingerprint density at radius 1 is 1.43 bits per heavy atom. The average Bonchev–Trinajstić information content (AvgIpc) is 2.47. The van der Waals surface area contributed by atoms with E-state index in [-0.39, 0.29) is 12.4 Å². The van der Waals surface area contributed by atoms with Gasteiger partial charge in [0.15, 0.2) is 18.2 Å². The number of carboxylic acids is 1. The fraction of sp³-hybridized carbons (Fsp3) is 0.467. The molecule has 21 heavy (non-hydrogen) atoms. The van der Waals surface area contributed by atoms with Crippen molar-refractivity contribution in [1.82, 2.24) is 4.90 Å². The molecule has 0 aliphatic carbocycles. The third-order valence-electron chi connectivity index (χ3n) is 3.55. The van der Waals surface area contributed by atoms with Gasteiger partial charge in [0.1, 0.15) is 6.04 Å². The maximum Gasteiger partial charge on any atom is 0.326 e. The molecule has 1 heterocycles. The zero-order chi connectivity index (χ0) is 15.4. The zero-order valence-electron chi connectivity index (χ0n) is 11.8. The number of likely N-dealkylation sites (tertiary alicyclic amines) is 1. The van der Waals surface area contributed by atoms with Crippen molar-refractivity contribution >= 4 is 11.9 Å². The van der Waals surface area contributed by atoms with Gasteiger partial charge in [-0.05, 0) is 43.9 Å². The van der Waals surface area contributed by atoms with Crippen molar-refractivity contribution in [2.24, 2.45) is 0 Å². The number of carbonyl (C=O) groups is 2. The third-order valence-corrected chi connectivity index (χ3v) is 3.55. The largest absolute Gasteiger partial charge is 0.481 e. The fourth-order valence-electron chi connectivity index (χ4n) is 2.43. The van der Waals surface area contributed by atoms with E-state index >= 15 is 0 Å². The minimum atomic E-state index is -1.01. The van der Waals surface area contributed by atoms with Crippen LogP contribution < -0.4 is 4.74 Å². The number of rotatable bonds is 4. The van der Waals surface area contributed by atoms with Gasteiger partial charge in [-0.25, -0.2) is 9.18 Å². The molecule has 1 saturated heterocycles. The van der Waals surface area contributed by atoms with E-state index in [0.717, 1.165) is 18.4 Å². The molecule has 1 N–H and O–H groups in total. The molecular formula is C15H18FNO4. The van der Waals surface area contributed by atoms with Crippen molar-refractivity contribution in [3.63, 3.8) is 0 Å². The lowest BCUT2D eigenvalue weighted by Gasteiger charge is -2.32. The molecule has 5 nitrogen and oxygen atoms in total. The number of hydrogen-bond acceptors (Lipinski definition) is 3. The van der Waals surface area contributed by atoms with Crippen LogP contribution in [0.2, 0.25) is 0 Å². The molecular weight excluding hydrogens is 277 g/mol. The Bertz CT molecular complexity index is 546. The predicted octanol–water partition coefficient (Wildman–Crippen LogP) is 1.98. The maximum atomic E-state index is 13.5. The van der Waals surface area contributed by atoms with Gasteiger partial charge in [0.05, 0.1) is 0 Å². The topological polar surface area (TPSA) is 66.8 Å². The summed E-state index contributed by atoms with van der Waals surface area (Å²) in [7, 11) is 0. The number of nitrogens with zero attached hydrogens (tertiary/aromatic N) is 1. The second-order valence-electron chi connectivity index (χ2n) is 5.16. The first kappa shape index (κ1) is 15.3. The van der Waals surface area contributed by atoms with Gasteiger partial charge in [-0.3, -0.25) is 4.79 Å². The van der Waals surface area contributed by atoms with E-state index in [1.54, 1.807) is 13.0 Å². The summed E-state index contributed by atoms with van der Waals surface area (Å²) >= 11 is 0. The molecule has 0 saturated carbocycles. The number of aryl methyl sites for hydroxylation is 1. The number of benzene rings is 1. The number of halogens is 1. The average molecular weight is 295 g/mol. The SMILES string of the molecule is Cc1ccc(F)c(OCC(=O)N2CCCC[C@@H]2C(=O)O)c1. The van der Waals surface area contributed by atoms with Crippen LogP contribution in [-0.2, 0) is 9.59 Å². The molecule has 1 fully saturated rings. The molecule has 0 spiro atoms. The fourth-order valence-corrected chi connectivity index (χ4v) is 2.43. The molecule has 1 atom stereocenters. The van der Waals surface area contributed by atoms with E-state index in [1.807, 2.05) is 0 Å². The number of piperidine rings is 1. The number of carbonyl (C=O) groups excluding carboxylic acids is 1. The molecule has 6 heteroatoms. The Morgan fingerprint density at radius 3 is 2.90 bits per heavy atom. The Kier molecular flexibility index (Phi) is 4.77. The van der Waals surface area contributed by atoms with Crippen LogP contribution in [0.4, 0.5) is 4.39 Å². The normalized spacial score (nSPS) is 18.4. The molecule has 0 bridgehead atoms. The highest BCUT2D eigenvalue weighted by atomic mass is 19.1. The molecule has 0 radical (unpaired) electrons. The van der Waals surface area contributed by atoms with Crippen LogP contribution >= 0.6 is 0 Å². The lowest BCUT2D eigenvalue weighted by atomic mass is 10.0. The molecule has 1 aromatic rings. The summed E-state index contributed by atoms with van der Waals surface area (Å²) in [6.45, 7) is 1.83. The first-order valence-corrected chi connectivity index (χ1v) is 6.90. The van der Waals surface area contributed by atoms with Gasteiger partial charge in [0.25, 0.3) is 5.91 Å². The second-order valence-corrected chi connectivity index (χ2v) is 5.16. The number of aliphatic carboxylic acids is 1. The number of ether oxygens (including phenoxy) is 1. The predicted molar refractivity (Wildman–Crippen MR) is 73.6 cm³/mol. The summed E-state index contributed by atoms with van der Waals surface area (Å²) in [4.78, 5) is 24.6. The number of amides is 1. The first-order valence-electron chi connectivity index (χ1n) is 6.90. The van der Waals surface area contributed by atoms with Gasteiger partial charge in [-0.1, -0.05) is 6.07 Å². The van der Waals surface area contributed by atoms with E-state index in [0.29, 0.717) is 13.0 Å². The number of hydrogen-bond donors (Lipinski definition) is 1. The number of carboxylic acid groups (broad SMARTS) is 1. The van der Waals surface area contributed by atoms with E-state index in [4.69, 9.17) is 9.84 Å². The van der Waals surface area contributed by atoms with E-state index in [2.05, 4.69) is 0 Å². The van der Waals surface area contributed by atoms with Crippen LogP contribution in [0.25, 0.3) is 0 Å². The van der Waals surface area contributed by atoms with Crippen LogP contribution in [0.15, 0.2) is 18.2 Å². The third kappa shape index (κ3) is 3.71. The monoisotopic (exact) mass is 295 g/mol. The highest BCUT2D eigenvalue weighted by molar-refractivity contribution is 5.84. The van der Waals surface area contributed by atoms with Crippen molar-refractivity contribution < 1.29 is 23.8 Å². The van der Waals surface area contributed by atoms with Gasteiger partial charge < -0.3 is 14.7 Å². The molecule has 0 unspecified atom stereocenters. The summed E-state index contributed by atoms with van der Waals surface area (Å²) in [6, 6.07) is 3.58. The summed E-state index contributed by atoms with van der Waals surface area (Å²) < 4.78 is 18.7. The molecule has 1 amide bonds. The highest BCUT2D eigenvalue weighted by Gasteiger charge is 2.32. The van der Waals surface area contributed by atoms with E-state index in [9.17, 15) is 14.0 Å². The van der Waals surface area contributed by atoms with Gasteiger partial charge in [0.2, 0.25) is 0 Å². The quantitative estimate of drug-likeness (QED) is 0.922. The Labute approximate surface area is 122 Å². The summed E-state index contributed by atoms with van der Waals surface area (Å²) in [5.41, 5.74) is 0.820. The minimum Gasteiger partial charge on any atom is -0.481 e. The van der Waals surface area contributed by atoms with Crippen molar-refractivity contribution in [2.75, 3.05) is 13.2 Å². The molecule has 1 aliphatic heterocycles. The molecule has 1 aromatic carbocycles. The summed E-state index contributed by atoms with van der Waals surface area (Å²) in [5, 5.41) is 9.13. The Balaban J connectivity index is 2.00. The van der Waals surface area contributed by atoms with Gasteiger partial charge in [-0.2, -0.15) is 0 Å². The Morgan fingerprint density at radius 2 is 2.19 bits per heavy atom. The van der Waals surface area contributed by atoms with Crippen LogP contribution in [0.1, 0.15) is 24.8 Å². The van der Waals surface area contributed by atoms with Crippen molar-refractivity contribution in [1.29, 1.82) is 0 Å². The second kappa shape index (κ2) is 6.56. The van der Waals surface area contributed by atoms with Gasteiger partial charge in [0, 0.05) is 6.54 Å². The lowest BCUT2D eigenvalue weighted by Crippen LogP contribution is -2.49. The smallest absolute Gasteiger partial charge is 0.326 e. The van der Waals surface area contributed by atoms with Crippen molar-refractivity contribution in [3.05, 3.63) is 29.6 Å². The lowest BCUT2D eigenvalue weighted by molar-refractivity contribution is -0.152. The zero-order valence-corrected chi connectivity index (χ0v) is 11.8. The minimum absolute atomic E-state index is 0.00670. The van der Waals surface area contributed by atoms with Crippen molar-refractivity contribution in [2.45, 2.75) is 32.2 Å².